The third-order valence-corrected chi connectivity index (χ3v) is 10.4. The van der Waals surface area contributed by atoms with Crippen LogP contribution in [0, 0.1) is 35.0 Å². The van der Waals surface area contributed by atoms with Crippen molar-refractivity contribution in [3.63, 3.8) is 0 Å². The van der Waals surface area contributed by atoms with E-state index in [1.54, 1.807) is 0 Å². The fraction of sp³-hybridized carbons (Fsp3) is 0.647. The Morgan fingerprint density at radius 2 is 1.71 bits per heavy atom. The first-order chi connectivity index (χ1) is 19.8. The Morgan fingerprint density at radius 3 is 2.26 bits per heavy atom. The summed E-state index contributed by atoms with van der Waals surface area (Å²) in [5, 5.41) is 9.57. The summed E-state index contributed by atoms with van der Waals surface area (Å²) in [6.45, 7) is 14.0. The van der Waals surface area contributed by atoms with Crippen LogP contribution < -0.4 is 16.0 Å². The Bertz CT molecular complexity index is 1240. The molecule has 8 heteroatoms. The first-order valence-corrected chi connectivity index (χ1v) is 15.6. The number of hydrogen-bond donors (Lipinski definition) is 3. The molecule has 0 aromatic heterocycles. The van der Waals surface area contributed by atoms with Gasteiger partial charge in [0.05, 0.1) is 24.0 Å². The SMILES string of the molecule is CCCCC(=O)NC(C(=O)NC1(C)C2=C(C)C3(C(=O)NC(Cc4ccccc4)CC(C)C(=O)OC)C(C)C1C23)C(C)C. The summed E-state index contributed by atoms with van der Waals surface area (Å²) < 4.78 is 4.96. The van der Waals surface area contributed by atoms with Gasteiger partial charge in [-0.25, -0.2) is 0 Å². The molecule has 8 nitrogen and oxygen atoms in total. The summed E-state index contributed by atoms with van der Waals surface area (Å²) in [6.07, 6.45) is 3.23. The van der Waals surface area contributed by atoms with Crippen molar-refractivity contribution in [2.24, 2.45) is 35.0 Å². The quantitative estimate of drug-likeness (QED) is 0.224. The van der Waals surface area contributed by atoms with E-state index in [1.807, 2.05) is 65.0 Å². The van der Waals surface area contributed by atoms with E-state index in [0.29, 0.717) is 19.3 Å². The number of ether oxygens (including phenoxy) is 1. The van der Waals surface area contributed by atoms with Crippen molar-refractivity contribution in [3.8, 4) is 0 Å². The average Bonchev–Trinajstić information content (AvgIpc) is 2.93. The number of carbonyl (C=O) groups is 4. The lowest BCUT2D eigenvalue weighted by atomic mass is 9.23. The molecule has 2 fully saturated rings. The number of benzene rings is 1. The molecule has 230 valence electrons. The molecule has 1 aromatic carbocycles. The maximum atomic E-state index is 14.1. The van der Waals surface area contributed by atoms with Crippen LogP contribution in [0.2, 0.25) is 0 Å². The smallest absolute Gasteiger partial charge is 0.308 e. The van der Waals surface area contributed by atoms with E-state index >= 15 is 0 Å². The number of hydrogen-bond acceptors (Lipinski definition) is 5. The molecule has 3 aliphatic rings. The van der Waals surface area contributed by atoms with Crippen molar-refractivity contribution in [2.75, 3.05) is 7.11 Å². The van der Waals surface area contributed by atoms with Crippen LogP contribution in [0.5, 0.6) is 0 Å². The summed E-state index contributed by atoms with van der Waals surface area (Å²) in [6, 6.07) is 9.15. The molecule has 0 bridgehead atoms. The zero-order valence-corrected chi connectivity index (χ0v) is 26.5. The van der Waals surface area contributed by atoms with E-state index in [-0.39, 0.29) is 59.3 Å². The highest BCUT2D eigenvalue weighted by molar-refractivity contribution is 5.96. The second-order valence-corrected chi connectivity index (χ2v) is 13.3. The lowest BCUT2D eigenvalue weighted by Crippen LogP contribution is -2.87. The first-order valence-electron chi connectivity index (χ1n) is 15.6. The van der Waals surface area contributed by atoms with Crippen molar-refractivity contribution < 1.29 is 23.9 Å². The minimum atomic E-state index is -0.606. The molecule has 3 aliphatic carbocycles. The van der Waals surface area contributed by atoms with Crippen LogP contribution in [0.15, 0.2) is 41.5 Å². The number of carbonyl (C=O) groups excluding carboxylic acids is 4. The maximum Gasteiger partial charge on any atom is 0.308 e. The molecular weight excluding hydrogens is 530 g/mol. The minimum absolute atomic E-state index is 0.00659. The van der Waals surface area contributed by atoms with Crippen LogP contribution in [0.1, 0.15) is 79.7 Å². The number of esters is 1. The van der Waals surface area contributed by atoms with Gasteiger partial charge < -0.3 is 20.7 Å². The molecule has 0 saturated heterocycles. The fourth-order valence-corrected chi connectivity index (χ4v) is 8.25. The van der Waals surface area contributed by atoms with Gasteiger partial charge in [-0.2, -0.15) is 0 Å². The van der Waals surface area contributed by atoms with Crippen LogP contribution in [-0.2, 0) is 30.3 Å². The third-order valence-electron chi connectivity index (χ3n) is 10.4. The van der Waals surface area contributed by atoms with Gasteiger partial charge in [0.1, 0.15) is 6.04 Å². The molecular formula is C34H49N3O5. The number of unbranched alkanes of at least 4 members (excludes halogenated alkanes) is 1. The van der Waals surface area contributed by atoms with Gasteiger partial charge >= 0.3 is 5.97 Å². The molecule has 1 aromatic rings. The van der Waals surface area contributed by atoms with E-state index in [0.717, 1.165) is 29.6 Å². The zero-order chi connectivity index (χ0) is 31.0. The van der Waals surface area contributed by atoms with Crippen LogP contribution >= 0.6 is 0 Å². The molecule has 8 unspecified atom stereocenters. The second-order valence-electron chi connectivity index (χ2n) is 13.3. The molecule has 8 atom stereocenters. The maximum absolute atomic E-state index is 14.1. The van der Waals surface area contributed by atoms with E-state index in [4.69, 9.17) is 4.74 Å². The molecule has 0 spiro atoms. The molecule has 0 aliphatic heterocycles. The van der Waals surface area contributed by atoms with Crippen molar-refractivity contribution in [2.45, 2.75) is 98.2 Å². The van der Waals surface area contributed by atoms with Crippen molar-refractivity contribution in [3.05, 3.63) is 47.0 Å². The average molecular weight is 580 g/mol. The molecule has 0 heterocycles. The Morgan fingerprint density at radius 1 is 1.05 bits per heavy atom. The predicted molar refractivity (Wildman–Crippen MR) is 162 cm³/mol. The van der Waals surface area contributed by atoms with Gasteiger partial charge in [0, 0.05) is 18.4 Å². The third kappa shape index (κ3) is 5.15. The highest BCUT2D eigenvalue weighted by Crippen LogP contribution is 2.82. The van der Waals surface area contributed by atoms with Crippen LogP contribution in [0.25, 0.3) is 0 Å². The summed E-state index contributed by atoms with van der Waals surface area (Å²) in [5.74, 6) is -0.654. The van der Waals surface area contributed by atoms with Crippen LogP contribution in [0.3, 0.4) is 0 Å². The highest BCUT2D eigenvalue weighted by Gasteiger charge is 2.84. The normalized spacial score (nSPS) is 29.1. The highest BCUT2D eigenvalue weighted by atomic mass is 16.5. The van der Waals surface area contributed by atoms with Crippen LogP contribution in [0.4, 0.5) is 0 Å². The second kappa shape index (κ2) is 12.2. The number of amides is 3. The zero-order valence-electron chi connectivity index (χ0n) is 26.5. The fourth-order valence-electron chi connectivity index (χ4n) is 8.25. The van der Waals surface area contributed by atoms with Crippen molar-refractivity contribution >= 4 is 23.7 Å². The van der Waals surface area contributed by atoms with Crippen LogP contribution in [-0.4, -0.2) is 48.4 Å². The summed E-state index contributed by atoms with van der Waals surface area (Å²) >= 11 is 0. The van der Waals surface area contributed by atoms with Gasteiger partial charge in [-0.3, -0.25) is 19.2 Å². The topological polar surface area (TPSA) is 114 Å². The van der Waals surface area contributed by atoms with E-state index < -0.39 is 17.0 Å². The summed E-state index contributed by atoms with van der Waals surface area (Å²) in [7, 11) is 1.39. The molecule has 2 saturated carbocycles. The van der Waals surface area contributed by atoms with Gasteiger partial charge in [-0.05, 0) is 62.0 Å². The predicted octanol–water partition coefficient (Wildman–Crippen LogP) is 4.33. The Kier molecular flexibility index (Phi) is 9.24. The molecule has 3 amide bonds. The Hall–Kier alpha value is -3.16. The molecule has 42 heavy (non-hydrogen) atoms. The van der Waals surface area contributed by atoms with Gasteiger partial charge in [0.25, 0.3) is 0 Å². The van der Waals surface area contributed by atoms with Gasteiger partial charge in [0.15, 0.2) is 0 Å². The monoisotopic (exact) mass is 579 g/mol. The van der Waals surface area contributed by atoms with E-state index in [1.165, 1.54) is 7.11 Å². The molecule has 4 rings (SSSR count). The largest absolute Gasteiger partial charge is 0.469 e. The van der Waals surface area contributed by atoms with Gasteiger partial charge in [-0.15, -0.1) is 0 Å². The van der Waals surface area contributed by atoms with Gasteiger partial charge in [0.2, 0.25) is 17.7 Å². The number of methoxy groups -OCH3 is 1. The lowest BCUT2D eigenvalue weighted by Gasteiger charge is -2.81. The van der Waals surface area contributed by atoms with E-state index in [9.17, 15) is 19.2 Å². The van der Waals surface area contributed by atoms with E-state index in [2.05, 4.69) is 29.8 Å². The van der Waals surface area contributed by atoms with Crippen molar-refractivity contribution in [1.82, 2.24) is 16.0 Å². The summed E-state index contributed by atoms with van der Waals surface area (Å²) in [5.41, 5.74) is 2.17. The number of nitrogens with one attached hydrogen (secondary N) is 3. The number of rotatable bonds is 14. The Balaban J connectivity index is 1.50. The Labute approximate surface area is 250 Å². The lowest BCUT2D eigenvalue weighted by molar-refractivity contribution is -0.206. The standard InChI is InChI=1S/C34H49N3O5/c1-9-10-16-25(38)36-29(19(2)3)30(39)37-33(7)26-21(5)34(22(6)27(33)28(26)34)32(41)35-24(17-20(4)31(40)42-8)18-23-14-12-11-13-15-23/h11-15,19-21,24,26,28-29H,9-10,16-18H2,1-8H3,(H,35,41)(H,36,38)(H,37,39). The summed E-state index contributed by atoms with van der Waals surface area (Å²) in [4.78, 5) is 52.2. The van der Waals surface area contributed by atoms with Gasteiger partial charge in [-0.1, -0.05) is 76.9 Å². The molecule has 0 radical (unpaired) electrons. The van der Waals surface area contributed by atoms with Crippen molar-refractivity contribution in [1.29, 1.82) is 0 Å². The minimum Gasteiger partial charge on any atom is -0.469 e. The molecule has 3 N–H and O–H groups in total. The first kappa shape index (κ1) is 31.8.